The monoisotopic (exact) mass is 386 g/mol. The zero-order valence-corrected chi connectivity index (χ0v) is 16.1. The van der Waals surface area contributed by atoms with Crippen molar-refractivity contribution in [2.45, 2.75) is 13.5 Å². The van der Waals surface area contributed by atoms with Gasteiger partial charge in [0.25, 0.3) is 0 Å². The van der Waals surface area contributed by atoms with Crippen LogP contribution in [0.1, 0.15) is 10.7 Å². The summed E-state index contributed by atoms with van der Waals surface area (Å²) in [4.78, 5) is 14.9. The number of hydrogen-bond acceptors (Lipinski definition) is 5. The van der Waals surface area contributed by atoms with E-state index in [4.69, 9.17) is 23.2 Å². The normalized spacial score (nSPS) is 11.5. The van der Waals surface area contributed by atoms with Gasteiger partial charge in [0.05, 0.1) is 27.3 Å². The van der Waals surface area contributed by atoms with Gasteiger partial charge in [-0.05, 0) is 13.0 Å². The molecule has 9 heteroatoms. The molecule has 0 bridgehead atoms. The van der Waals surface area contributed by atoms with Crippen LogP contribution in [0.3, 0.4) is 0 Å². The number of hydrogen-bond donors (Lipinski definition) is 2. The number of rotatable bonds is 6. The van der Waals surface area contributed by atoms with Crippen molar-refractivity contribution in [2.75, 3.05) is 32.5 Å². The Kier molecular flexibility index (Phi) is 7.08. The molecule has 0 unspecified atom stereocenters. The fourth-order valence-electron chi connectivity index (χ4n) is 2.08. The first-order valence-electron chi connectivity index (χ1n) is 7.37. The molecular formula is C15H20Cl2N6S. The van der Waals surface area contributed by atoms with E-state index in [9.17, 15) is 0 Å². The molecule has 0 aromatic carbocycles. The Morgan fingerprint density at radius 2 is 2.17 bits per heavy atom. The summed E-state index contributed by atoms with van der Waals surface area (Å²) in [6.45, 7) is 4.04. The Balaban J connectivity index is 1.78. The van der Waals surface area contributed by atoms with Crippen LogP contribution in [0.2, 0.25) is 10.0 Å². The summed E-state index contributed by atoms with van der Waals surface area (Å²) in [7, 11) is 3.74. The zero-order chi connectivity index (χ0) is 17.5. The number of nitrogens with one attached hydrogen (secondary N) is 2. The molecule has 0 aliphatic rings. The zero-order valence-electron chi connectivity index (χ0n) is 13.8. The molecule has 2 rings (SSSR count). The first kappa shape index (κ1) is 18.8. The third kappa shape index (κ3) is 5.51. The molecule has 0 spiro atoms. The lowest BCUT2D eigenvalue weighted by molar-refractivity contribution is 0.472. The largest absolute Gasteiger partial charge is 0.367 e. The van der Waals surface area contributed by atoms with Crippen LogP contribution in [0.15, 0.2) is 22.6 Å². The Hall–Kier alpha value is -1.57. The lowest BCUT2D eigenvalue weighted by atomic mass is 10.4. The summed E-state index contributed by atoms with van der Waals surface area (Å²) in [6.07, 6.45) is 1.56. The summed E-state index contributed by atoms with van der Waals surface area (Å²) in [5, 5.41) is 10.6. The third-order valence-corrected chi connectivity index (χ3v) is 4.46. The van der Waals surface area contributed by atoms with Gasteiger partial charge in [-0.1, -0.05) is 23.2 Å². The molecule has 2 aromatic rings. The summed E-state index contributed by atoms with van der Waals surface area (Å²) < 4.78 is 0. The van der Waals surface area contributed by atoms with E-state index in [1.165, 1.54) is 0 Å². The maximum Gasteiger partial charge on any atom is 0.193 e. The fourth-order valence-corrected chi connectivity index (χ4v) is 3.13. The van der Waals surface area contributed by atoms with E-state index in [1.807, 2.05) is 18.9 Å². The second kappa shape index (κ2) is 9.05. The van der Waals surface area contributed by atoms with E-state index in [2.05, 4.69) is 31.0 Å². The number of aryl methyl sites for hydroxylation is 1. The molecule has 0 saturated carbocycles. The van der Waals surface area contributed by atoms with Gasteiger partial charge in [0.1, 0.15) is 5.82 Å². The second-order valence-electron chi connectivity index (χ2n) is 5.10. The molecule has 130 valence electrons. The maximum atomic E-state index is 6.07. The number of pyridine rings is 1. The van der Waals surface area contributed by atoms with Gasteiger partial charge in [0, 0.05) is 38.8 Å². The van der Waals surface area contributed by atoms with Crippen LogP contribution < -0.4 is 10.6 Å². The van der Waals surface area contributed by atoms with Crippen LogP contribution in [0.4, 0.5) is 5.82 Å². The number of anilines is 1. The number of aromatic nitrogens is 2. The average Bonchev–Trinajstić information content (AvgIpc) is 2.94. The molecule has 0 atom stereocenters. The number of aliphatic imine (C=N–C) groups is 1. The molecule has 0 saturated heterocycles. The quantitative estimate of drug-likeness (QED) is 0.453. The van der Waals surface area contributed by atoms with Gasteiger partial charge >= 0.3 is 0 Å². The van der Waals surface area contributed by atoms with Gasteiger partial charge in [-0.25, -0.2) is 9.97 Å². The molecule has 6 nitrogen and oxygen atoms in total. The number of halogens is 2. The molecule has 2 heterocycles. The van der Waals surface area contributed by atoms with Gasteiger partial charge in [0.15, 0.2) is 5.96 Å². The third-order valence-electron chi connectivity index (χ3n) is 3.15. The molecular weight excluding hydrogens is 367 g/mol. The van der Waals surface area contributed by atoms with E-state index >= 15 is 0 Å². The standard InChI is InChI=1S/C15H20Cl2N6S/c1-10-22-12(9-24-10)8-23(3)15(18-2)20-5-4-19-14-13(17)6-11(16)7-21-14/h6-7,9H,4-5,8H2,1-3H3,(H,18,20)(H,19,21). The SMILES string of the molecule is CN=C(NCCNc1ncc(Cl)cc1Cl)N(C)Cc1csc(C)n1. The van der Waals surface area contributed by atoms with Gasteiger partial charge in [-0.2, -0.15) is 0 Å². The van der Waals surface area contributed by atoms with E-state index in [-0.39, 0.29) is 0 Å². The Morgan fingerprint density at radius 1 is 1.38 bits per heavy atom. The lowest BCUT2D eigenvalue weighted by Gasteiger charge is -2.21. The van der Waals surface area contributed by atoms with Crippen molar-refractivity contribution in [1.82, 2.24) is 20.2 Å². The molecule has 0 amide bonds. The summed E-state index contributed by atoms with van der Waals surface area (Å²) >= 11 is 13.6. The Labute approximate surface area is 155 Å². The van der Waals surface area contributed by atoms with Crippen LogP contribution in [-0.4, -0.2) is 48.0 Å². The highest BCUT2D eigenvalue weighted by Crippen LogP contribution is 2.22. The van der Waals surface area contributed by atoms with Crippen molar-refractivity contribution in [3.8, 4) is 0 Å². The van der Waals surface area contributed by atoms with E-state index < -0.39 is 0 Å². The van der Waals surface area contributed by atoms with Crippen molar-refractivity contribution in [2.24, 2.45) is 4.99 Å². The summed E-state index contributed by atoms with van der Waals surface area (Å²) in [5.74, 6) is 1.42. The van der Waals surface area contributed by atoms with Crippen LogP contribution in [0.5, 0.6) is 0 Å². The topological polar surface area (TPSA) is 65.4 Å². The van der Waals surface area contributed by atoms with Crippen LogP contribution >= 0.6 is 34.5 Å². The molecule has 2 N–H and O–H groups in total. The van der Waals surface area contributed by atoms with E-state index in [1.54, 1.807) is 30.6 Å². The highest BCUT2D eigenvalue weighted by molar-refractivity contribution is 7.09. The molecule has 0 aliphatic heterocycles. The summed E-state index contributed by atoms with van der Waals surface area (Å²) in [6, 6.07) is 1.66. The summed E-state index contributed by atoms with van der Waals surface area (Å²) in [5.41, 5.74) is 1.04. The Morgan fingerprint density at radius 3 is 2.79 bits per heavy atom. The predicted octanol–water partition coefficient (Wildman–Crippen LogP) is 3.27. The average molecular weight is 387 g/mol. The fraction of sp³-hybridized carbons (Fsp3) is 0.400. The van der Waals surface area contributed by atoms with Crippen LogP contribution in [-0.2, 0) is 6.54 Å². The molecule has 0 radical (unpaired) electrons. The number of nitrogens with zero attached hydrogens (tertiary/aromatic N) is 4. The highest BCUT2D eigenvalue weighted by atomic mass is 35.5. The van der Waals surface area contributed by atoms with Crippen molar-refractivity contribution in [3.63, 3.8) is 0 Å². The molecule has 2 aromatic heterocycles. The number of guanidine groups is 1. The molecule has 0 fully saturated rings. The minimum absolute atomic E-state index is 0.503. The van der Waals surface area contributed by atoms with E-state index in [0.717, 1.165) is 16.7 Å². The van der Waals surface area contributed by atoms with Crippen molar-refractivity contribution in [3.05, 3.63) is 38.4 Å². The van der Waals surface area contributed by atoms with Gasteiger partial charge in [-0.3, -0.25) is 4.99 Å². The van der Waals surface area contributed by atoms with Crippen molar-refractivity contribution in [1.29, 1.82) is 0 Å². The van der Waals surface area contributed by atoms with Crippen LogP contribution in [0, 0.1) is 6.92 Å². The molecule has 0 aliphatic carbocycles. The van der Waals surface area contributed by atoms with Gasteiger partial charge < -0.3 is 15.5 Å². The lowest BCUT2D eigenvalue weighted by Crippen LogP contribution is -2.40. The van der Waals surface area contributed by atoms with Crippen molar-refractivity contribution < 1.29 is 0 Å². The smallest absolute Gasteiger partial charge is 0.193 e. The van der Waals surface area contributed by atoms with Gasteiger partial charge in [-0.15, -0.1) is 11.3 Å². The first-order chi connectivity index (χ1) is 11.5. The highest BCUT2D eigenvalue weighted by Gasteiger charge is 2.08. The van der Waals surface area contributed by atoms with Crippen molar-refractivity contribution >= 4 is 46.3 Å². The maximum absolute atomic E-state index is 6.07. The minimum atomic E-state index is 0.503. The predicted molar refractivity (Wildman–Crippen MR) is 102 cm³/mol. The van der Waals surface area contributed by atoms with Crippen LogP contribution in [0.25, 0.3) is 0 Å². The van der Waals surface area contributed by atoms with E-state index in [0.29, 0.717) is 35.5 Å². The number of thiazole rings is 1. The molecule has 24 heavy (non-hydrogen) atoms. The van der Waals surface area contributed by atoms with Gasteiger partial charge in [0.2, 0.25) is 0 Å². The minimum Gasteiger partial charge on any atom is -0.367 e. The Bertz CT molecular complexity index is 703. The second-order valence-corrected chi connectivity index (χ2v) is 7.00. The first-order valence-corrected chi connectivity index (χ1v) is 9.01.